The largest absolute Gasteiger partial charge is 0.331 e. The van der Waals surface area contributed by atoms with Gasteiger partial charge in [-0.3, -0.25) is 4.68 Å². The summed E-state index contributed by atoms with van der Waals surface area (Å²) in [6, 6.07) is 6.19. The summed E-state index contributed by atoms with van der Waals surface area (Å²) in [6.45, 7) is 2.85. The van der Waals surface area contributed by atoms with E-state index in [0.29, 0.717) is 0 Å². The molecule has 1 aromatic carbocycles. The van der Waals surface area contributed by atoms with Crippen LogP contribution in [0.25, 0.3) is 11.0 Å². The topological polar surface area (TPSA) is 38.5 Å². The summed E-state index contributed by atoms with van der Waals surface area (Å²) >= 11 is 5.40. The number of aromatic amines is 1. The Bertz CT molecular complexity index is 763. The number of rotatable bonds is 2. The Hall–Kier alpha value is -1.88. The van der Waals surface area contributed by atoms with E-state index in [1.165, 1.54) is 11.1 Å². The minimum Gasteiger partial charge on any atom is -0.331 e. The fraction of sp³-hybridized carbons (Fsp3) is 0.231. The van der Waals surface area contributed by atoms with Crippen molar-refractivity contribution >= 4 is 23.3 Å². The lowest BCUT2D eigenvalue weighted by Crippen LogP contribution is -1.99. The summed E-state index contributed by atoms with van der Waals surface area (Å²) in [7, 11) is 1.92. The summed E-state index contributed by atoms with van der Waals surface area (Å²) in [6.07, 6.45) is 3.89. The van der Waals surface area contributed by atoms with Crippen LogP contribution in [-0.2, 0) is 13.6 Å². The number of hydrogen-bond acceptors (Lipinski definition) is 2. The summed E-state index contributed by atoms with van der Waals surface area (Å²) in [5, 5.41) is 4.19. The van der Waals surface area contributed by atoms with Crippen molar-refractivity contribution in [2.75, 3.05) is 0 Å². The molecule has 0 aliphatic heterocycles. The van der Waals surface area contributed by atoms with Crippen molar-refractivity contribution in [2.45, 2.75) is 13.5 Å². The highest BCUT2D eigenvalue weighted by Crippen LogP contribution is 2.19. The molecular weight excluding hydrogens is 244 g/mol. The van der Waals surface area contributed by atoms with Crippen LogP contribution in [-0.4, -0.2) is 19.3 Å². The van der Waals surface area contributed by atoms with Crippen LogP contribution in [0.1, 0.15) is 11.1 Å². The van der Waals surface area contributed by atoms with Crippen LogP contribution in [0, 0.1) is 11.7 Å². The van der Waals surface area contributed by atoms with Gasteiger partial charge >= 0.3 is 0 Å². The van der Waals surface area contributed by atoms with Gasteiger partial charge in [0.1, 0.15) is 0 Å². The van der Waals surface area contributed by atoms with E-state index in [0.717, 1.165) is 22.4 Å². The number of para-hydroxylation sites is 1. The molecule has 92 valence electrons. The summed E-state index contributed by atoms with van der Waals surface area (Å²) in [5.41, 5.74) is 4.64. The van der Waals surface area contributed by atoms with E-state index in [1.54, 1.807) is 4.68 Å². The molecule has 0 aliphatic rings. The van der Waals surface area contributed by atoms with Gasteiger partial charge in [-0.2, -0.15) is 5.10 Å². The van der Waals surface area contributed by atoms with E-state index < -0.39 is 0 Å². The maximum atomic E-state index is 5.40. The minimum absolute atomic E-state index is 0.748. The predicted octanol–water partition coefficient (Wildman–Crippen LogP) is 2.79. The first-order valence-electron chi connectivity index (χ1n) is 5.81. The predicted molar refractivity (Wildman–Crippen MR) is 74.2 cm³/mol. The molecule has 5 heteroatoms. The number of aryl methyl sites for hydroxylation is 2. The minimum atomic E-state index is 0.748. The number of aromatic nitrogens is 4. The number of nitrogens with zero attached hydrogens (tertiary/aromatic N) is 3. The third kappa shape index (κ3) is 1.76. The lowest BCUT2D eigenvalue weighted by molar-refractivity contribution is 0.763. The van der Waals surface area contributed by atoms with Gasteiger partial charge in [-0.15, -0.1) is 0 Å². The smallest absolute Gasteiger partial charge is 0.178 e. The van der Waals surface area contributed by atoms with Crippen LogP contribution in [0.3, 0.4) is 0 Å². The second-order valence-electron chi connectivity index (χ2n) is 4.51. The van der Waals surface area contributed by atoms with Gasteiger partial charge in [-0.1, -0.05) is 12.1 Å². The molecule has 0 saturated heterocycles. The lowest BCUT2D eigenvalue weighted by atomic mass is 10.2. The summed E-state index contributed by atoms with van der Waals surface area (Å²) < 4.78 is 4.68. The molecule has 0 saturated carbocycles. The molecule has 2 heterocycles. The van der Waals surface area contributed by atoms with Crippen LogP contribution < -0.4 is 0 Å². The highest BCUT2D eigenvalue weighted by Gasteiger charge is 2.07. The molecule has 0 aliphatic carbocycles. The third-order valence-corrected chi connectivity index (χ3v) is 3.42. The zero-order chi connectivity index (χ0) is 12.7. The van der Waals surface area contributed by atoms with Gasteiger partial charge in [0.25, 0.3) is 0 Å². The Balaban J connectivity index is 2.16. The molecule has 0 bridgehead atoms. The van der Waals surface area contributed by atoms with Crippen LogP contribution in [0.5, 0.6) is 0 Å². The second-order valence-corrected chi connectivity index (χ2v) is 4.90. The normalized spacial score (nSPS) is 11.2. The van der Waals surface area contributed by atoms with Gasteiger partial charge in [-0.05, 0) is 30.8 Å². The zero-order valence-electron chi connectivity index (χ0n) is 10.3. The molecule has 18 heavy (non-hydrogen) atoms. The van der Waals surface area contributed by atoms with Crippen molar-refractivity contribution < 1.29 is 0 Å². The lowest BCUT2D eigenvalue weighted by Gasteiger charge is -2.04. The first-order valence-corrected chi connectivity index (χ1v) is 6.21. The Morgan fingerprint density at radius 1 is 1.39 bits per heavy atom. The summed E-state index contributed by atoms with van der Waals surface area (Å²) in [4.78, 5) is 3.25. The van der Waals surface area contributed by atoms with Crippen molar-refractivity contribution in [1.82, 2.24) is 19.3 Å². The molecule has 3 rings (SSSR count). The van der Waals surface area contributed by atoms with Crippen molar-refractivity contribution in [3.63, 3.8) is 0 Å². The molecule has 2 aromatic heterocycles. The molecule has 0 radical (unpaired) electrons. The molecule has 0 atom stereocenters. The first kappa shape index (κ1) is 11.2. The Morgan fingerprint density at radius 2 is 2.22 bits per heavy atom. The van der Waals surface area contributed by atoms with E-state index >= 15 is 0 Å². The van der Waals surface area contributed by atoms with Crippen LogP contribution in [0.2, 0.25) is 0 Å². The zero-order valence-corrected chi connectivity index (χ0v) is 11.2. The van der Waals surface area contributed by atoms with Crippen molar-refractivity contribution in [3.8, 4) is 0 Å². The number of hydrogen-bond donors (Lipinski definition) is 1. The van der Waals surface area contributed by atoms with Crippen molar-refractivity contribution in [1.29, 1.82) is 0 Å². The van der Waals surface area contributed by atoms with E-state index in [4.69, 9.17) is 12.2 Å². The number of fused-ring (bicyclic) bond motifs is 1. The first-order chi connectivity index (χ1) is 8.65. The highest BCUT2D eigenvalue weighted by molar-refractivity contribution is 7.71. The van der Waals surface area contributed by atoms with Crippen LogP contribution >= 0.6 is 12.2 Å². The number of benzene rings is 1. The molecule has 3 aromatic rings. The summed E-state index contributed by atoms with van der Waals surface area (Å²) in [5.74, 6) is 0. The second kappa shape index (κ2) is 4.10. The van der Waals surface area contributed by atoms with E-state index in [9.17, 15) is 0 Å². The van der Waals surface area contributed by atoms with E-state index in [1.807, 2.05) is 25.5 Å². The Labute approximate surface area is 110 Å². The molecule has 0 fully saturated rings. The van der Waals surface area contributed by atoms with Crippen molar-refractivity contribution in [2.24, 2.45) is 7.05 Å². The number of H-pyrrole nitrogens is 1. The standard InChI is InChI=1S/C13H14N4S/c1-9-4-3-5-11-12(9)17(13(18)15-11)8-10-6-14-16(2)7-10/h3-7H,8H2,1-2H3,(H,15,18). The number of nitrogens with one attached hydrogen (secondary N) is 1. The van der Waals surface area contributed by atoms with Gasteiger partial charge in [0, 0.05) is 18.8 Å². The third-order valence-electron chi connectivity index (χ3n) is 3.09. The quantitative estimate of drug-likeness (QED) is 0.718. The van der Waals surface area contributed by atoms with E-state index in [2.05, 4.69) is 33.7 Å². The fourth-order valence-electron chi connectivity index (χ4n) is 2.29. The Kier molecular flexibility index (Phi) is 2.56. The maximum absolute atomic E-state index is 5.40. The molecule has 4 nitrogen and oxygen atoms in total. The fourth-order valence-corrected chi connectivity index (χ4v) is 2.56. The highest BCUT2D eigenvalue weighted by atomic mass is 32.1. The SMILES string of the molecule is Cc1cccc2[nH]c(=S)n(Cc3cnn(C)c3)c12. The van der Waals surface area contributed by atoms with Crippen LogP contribution in [0.15, 0.2) is 30.6 Å². The molecule has 0 spiro atoms. The average molecular weight is 258 g/mol. The monoisotopic (exact) mass is 258 g/mol. The van der Waals surface area contributed by atoms with Gasteiger partial charge in [0.2, 0.25) is 0 Å². The van der Waals surface area contributed by atoms with Gasteiger partial charge in [0.15, 0.2) is 4.77 Å². The van der Waals surface area contributed by atoms with Gasteiger partial charge in [-0.25, -0.2) is 0 Å². The van der Waals surface area contributed by atoms with Crippen molar-refractivity contribution in [3.05, 3.63) is 46.5 Å². The maximum Gasteiger partial charge on any atom is 0.178 e. The average Bonchev–Trinajstić information content (AvgIpc) is 2.85. The number of imidazole rings is 1. The molecular formula is C13H14N4S. The van der Waals surface area contributed by atoms with E-state index in [-0.39, 0.29) is 0 Å². The Morgan fingerprint density at radius 3 is 2.94 bits per heavy atom. The molecule has 0 unspecified atom stereocenters. The van der Waals surface area contributed by atoms with Gasteiger partial charge < -0.3 is 9.55 Å². The van der Waals surface area contributed by atoms with Gasteiger partial charge in [0.05, 0.1) is 23.8 Å². The van der Waals surface area contributed by atoms with Crippen LogP contribution in [0.4, 0.5) is 0 Å². The molecule has 0 amide bonds. The molecule has 1 N–H and O–H groups in total.